The molecule has 0 unspecified atom stereocenters. The fourth-order valence-electron chi connectivity index (χ4n) is 3.37. The molecule has 0 aliphatic carbocycles. The summed E-state index contributed by atoms with van der Waals surface area (Å²) in [5.74, 6) is -0.412. The van der Waals surface area contributed by atoms with Gasteiger partial charge in [-0.05, 0) is 49.8 Å². The highest BCUT2D eigenvalue weighted by Gasteiger charge is 2.29. The van der Waals surface area contributed by atoms with E-state index in [0.717, 1.165) is 6.42 Å². The fraction of sp³-hybridized carbons (Fsp3) is 0.450. The van der Waals surface area contributed by atoms with Crippen molar-refractivity contribution in [1.29, 1.82) is 0 Å². The monoisotopic (exact) mass is 404 g/mol. The van der Waals surface area contributed by atoms with Crippen molar-refractivity contribution in [3.05, 3.63) is 42.0 Å². The van der Waals surface area contributed by atoms with Crippen molar-refractivity contribution in [3.8, 4) is 5.69 Å². The summed E-state index contributed by atoms with van der Waals surface area (Å²) in [7, 11) is 0. The lowest BCUT2D eigenvalue weighted by atomic mass is 9.95. The molecule has 2 aromatic rings. The molecule has 8 heteroatoms. The summed E-state index contributed by atoms with van der Waals surface area (Å²) in [6, 6.07) is 6.01. The number of likely N-dealkylation sites (tertiary alicyclic amines) is 1. The lowest BCUT2D eigenvalue weighted by Gasteiger charge is -2.31. The first-order valence-electron chi connectivity index (χ1n) is 9.49. The van der Waals surface area contributed by atoms with Gasteiger partial charge in [0.1, 0.15) is 11.5 Å². The van der Waals surface area contributed by atoms with E-state index in [4.69, 9.17) is 0 Å². The van der Waals surface area contributed by atoms with Crippen LogP contribution in [0.3, 0.4) is 0 Å². The Balaban J connectivity index is 1.74. The van der Waals surface area contributed by atoms with E-state index in [1.54, 1.807) is 27.8 Å². The summed E-state index contributed by atoms with van der Waals surface area (Å²) < 4.78 is 15.1. The maximum atomic E-state index is 13.3. The minimum Gasteiger partial charge on any atom is -0.356 e. The molecule has 0 bridgehead atoms. The summed E-state index contributed by atoms with van der Waals surface area (Å²) in [6.07, 6.45) is 5.67. The van der Waals surface area contributed by atoms with Crippen molar-refractivity contribution >= 4 is 23.6 Å². The molecule has 2 amide bonds. The fourth-order valence-corrected chi connectivity index (χ4v) is 3.91. The molecule has 6 nitrogen and oxygen atoms in total. The van der Waals surface area contributed by atoms with Crippen molar-refractivity contribution in [1.82, 2.24) is 19.8 Å². The van der Waals surface area contributed by atoms with E-state index in [9.17, 15) is 14.0 Å². The predicted octanol–water partition coefficient (Wildman–Crippen LogP) is 3.11. The Hall–Kier alpha value is -2.35. The zero-order valence-corrected chi connectivity index (χ0v) is 17.0. The van der Waals surface area contributed by atoms with E-state index in [2.05, 4.69) is 10.3 Å². The highest BCUT2D eigenvalue weighted by Crippen LogP contribution is 2.25. The molecule has 0 radical (unpaired) electrons. The first kappa shape index (κ1) is 20.4. The summed E-state index contributed by atoms with van der Waals surface area (Å²) in [4.78, 5) is 31.4. The standard InChI is InChI=1S/C20H25FN4O2S/c1-3-10-22-18(26)14-8-11-24(12-9-14)19(27)17-13-23-20(28-2)25(17)16-6-4-15(21)5-7-16/h4-7,13-14H,3,8-12H2,1-2H3,(H,22,26). The van der Waals surface area contributed by atoms with Crippen LogP contribution >= 0.6 is 11.8 Å². The van der Waals surface area contributed by atoms with Crippen molar-refractivity contribution in [3.63, 3.8) is 0 Å². The molecule has 0 spiro atoms. The minimum absolute atomic E-state index is 0.0423. The Morgan fingerprint density at radius 1 is 1.25 bits per heavy atom. The molecule has 0 saturated carbocycles. The van der Waals surface area contributed by atoms with Crippen molar-refractivity contribution in [2.24, 2.45) is 5.92 Å². The van der Waals surface area contributed by atoms with Crippen molar-refractivity contribution in [2.45, 2.75) is 31.3 Å². The second kappa shape index (κ2) is 9.23. The quantitative estimate of drug-likeness (QED) is 0.752. The van der Waals surface area contributed by atoms with Gasteiger partial charge in [-0.2, -0.15) is 0 Å². The topological polar surface area (TPSA) is 67.2 Å². The predicted molar refractivity (Wildman–Crippen MR) is 107 cm³/mol. The second-order valence-electron chi connectivity index (χ2n) is 6.80. The van der Waals surface area contributed by atoms with Crippen LogP contribution in [0.1, 0.15) is 36.7 Å². The number of carbonyl (C=O) groups is 2. The molecule has 1 fully saturated rings. The molecule has 1 aromatic carbocycles. The number of rotatable bonds is 6. The van der Waals surface area contributed by atoms with Gasteiger partial charge in [0.25, 0.3) is 5.91 Å². The number of piperidine rings is 1. The number of benzene rings is 1. The molecule has 1 N–H and O–H groups in total. The normalized spacial score (nSPS) is 14.9. The van der Waals surface area contributed by atoms with Gasteiger partial charge in [0.2, 0.25) is 5.91 Å². The Bertz CT molecular complexity index is 829. The number of halogens is 1. The average Bonchev–Trinajstić information content (AvgIpc) is 3.16. The Labute approximate surface area is 168 Å². The Morgan fingerprint density at radius 2 is 1.93 bits per heavy atom. The highest BCUT2D eigenvalue weighted by atomic mass is 32.2. The third kappa shape index (κ3) is 4.38. The molecule has 1 aliphatic heterocycles. The van der Waals surface area contributed by atoms with Crippen LogP contribution in [0.25, 0.3) is 5.69 Å². The molecular formula is C20H25FN4O2S. The number of nitrogens with one attached hydrogen (secondary N) is 1. The van der Waals surface area contributed by atoms with Crippen LogP contribution in [0.5, 0.6) is 0 Å². The van der Waals surface area contributed by atoms with E-state index >= 15 is 0 Å². The van der Waals surface area contributed by atoms with Crippen LogP contribution in [-0.2, 0) is 4.79 Å². The smallest absolute Gasteiger partial charge is 0.272 e. The molecule has 0 atom stereocenters. The molecule has 1 aliphatic rings. The first-order valence-corrected chi connectivity index (χ1v) is 10.7. The number of thioether (sulfide) groups is 1. The molecular weight excluding hydrogens is 379 g/mol. The van der Waals surface area contributed by atoms with Gasteiger partial charge in [-0.3, -0.25) is 14.2 Å². The number of carbonyl (C=O) groups excluding carboxylic acids is 2. The zero-order valence-electron chi connectivity index (χ0n) is 16.2. The molecule has 2 heterocycles. The molecule has 28 heavy (non-hydrogen) atoms. The van der Waals surface area contributed by atoms with Gasteiger partial charge in [-0.1, -0.05) is 18.7 Å². The molecule has 1 aromatic heterocycles. The van der Waals surface area contributed by atoms with E-state index in [1.807, 2.05) is 13.2 Å². The van der Waals surface area contributed by atoms with Gasteiger partial charge >= 0.3 is 0 Å². The maximum absolute atomic E-state index is 13.3. The van der Waals surface area contributed by atoms with Gasteiger partial charge in [-0.15, -0.1) is 0 Å². The molecule has 3 rings (SSSR count). The zero-order chi connectivity index (χ0) is 20.1. The van der Waals surface area contributed by atoms with E-state index in [0.29, 0.717) is 49.0 Å². The van der Waals surface area contributed by atoms with Crippen molar-refractivity contribution < 1.29 is 14.0 Å². The lowest BCUT2D eigenvalue weighted by molar-refractivity contribution is -0.126. The van der Waals surface area contributed by atoms with Gasteiger partial charge in [0.05, 0.1) is 6.20 Å². The Morgan fingerprint density at radius 3 is 2.54 bits per heavy atom. The first-order chi connectivity index (χ1) is 13.5. The van der Waals surface area contributed by atoms with E-state index in [1.165, 1.54) is 23.9 Å². The number of aromatic nitrogens is 2. The third-order valence-electron chi connectivity index (χ3n) is 4.92. The molecule has 150 valence electrons. The lowest BCUT2D eigenvalue weighted by Crippen LogP contribution is -2.43. The summed E-state index contributed by atoms with van der Waals surface area (Å²) in [6.45, 7) is 3.78. The van der Waals surface area contributed by atoms with Gasteiger partial charge in [0, 0.05) is 31.2 Å². The van der Waals surface area contributed by atoms with Crippen LogP contribution in [-0.4, -0.2) is 52.2 Å². The van der Waals surface area contributed by atoms with Gasteiger partial charge in [0.15, 0.2) is 5.16 Å². The third-order valence-corrected chi connectivity index (χ3v) is 5.57. The number of nitrogens with zero attached hydrogens (tertiary/aromatic N) is 3. The SMILES string of the molecule is CCCNC(=O)C1CCN(C(=O)c2cnc(SC)n2-c2ccc(F)cc2)CC1. The number of hydrogen-bond acceptors (Lipinski definition) is 4. The highest BCUT2D eigenvalue weighted by molar-refractivity contribution is 7.98. The van der Waals surface area contributed by atoms with Crippen LogP contribution in [0, 0.1) is 11.7 Å². The van der Waals surface area contributed by atoms with E-state index < -0.39 is 0 Å². The summed E-state index contributed by atoms with van der Waals surface area (Å²) in [5.41, 5.74) is 1.14. The number of imidazole rings is 1. The average molecular weight is 405 g/mol. The molecule has 1 saturated heterocycles. The van der Waals surface area contributed by atoms with Crippen LogP contribution in [0.4, 0.5) is 4.39 Å². The number of hydrogen-bond donors (Lipinski definition) is 1. The number of amides is 2. The summed E-state index contributed by atoms with van der Waals surface area (Å²) >= 11 is 1.43. The van der Waals surface area contributed by atoms with Crippen LogP contribution < -0.4 is 5.32 Å². The second-order valence-corrected chi connectivity index (χ2v) is 7.57. The maximum Gasteiger partial charge on any atom is 0.272 e. The van der Waals surface area contributed by atoms with E-state index in [-0.39, 0.29) is 23.5 Å². The van der Waals surface area contributed by atoms with Crippen LogP contribution in [0.2, 0.25) is 0 Å². The van der Waals surface area contributed by atoms with Gasteiger partial charge in [-0.25, -0.2) is 9.37 Å². The Kier molecular flexibility index (Phi) is 6.72. The van der Waals surface area contributed by atoms with Crippen molar-refractivity contribution in [2.75, 3.05) is 25.9 Å². The minimum atomic E-state index is -0.328. The summed E-state index contributed by atoms with van der Waals surface area (Å²) in [5, 5.41) is 3.60. The largest absolute Gasteiger partial charge is 0.356 e. The van der Waals surface area contributed by atoms with Crippen LogP contribution in [0.15, 0.2) is 35.6 Å². The van der Waals surface area contributed by atoms with Gasteiger partial charge < -0.3 is 10.2 Å².